The van der Waals surface area contributed by atoms with E-state index >= 15 is 0 Å². The molecule has 0 spiro atoms. The van der Waals surface area contributed by atoms with E-state index in [1.807, 2.05) is 18.2 Å². The van der Waals surface area contributed by atoms with Gasteiger partial charge in [-0.15, -0.1) is 0 Å². The van der Waals surface area contributed by atoms with E-state index < -0.39 is 11.0 Å². The van der Waals surface area contributed by atoms with Crippen molar-refractivity contribution in [2.24, 2.45) is 0 Å². The molecule has 3 rings (SSSR count). The van der Waals surface area contributed by atoms with Crippen molar-refractivity contribution in [1.29, 1.82) is 5.26 Å². The molecule has 17 heavy (non-hydrogen) atoms. The van der Waals surface area contributed by atoms with Gasteiger partial charge in [-0.05, 0) is 30.4 Å². The molecule has 2 heteroatoms. The minimum absolute atomic E-state index is 0.635. The lowest BCUT2D eigenvalue weighted by Gasteiger charge is -2.51. The SMILES string of the molecule is N#CC1(C2(O)CCCCC2)Cc2ccccc21. The highest BCUT2D eigenvalue weighted by Crippen LogP contribution is 2.52. The summed E-state index contributed by atoms with van der Waals surface area (Å²) in [7, 11) is 0. The normalized spacial score (nSPS) is 29.9. The molecule has 2 nitrogen and oxygen atoms in total. The third kappa shape index (κ3) is 1.29. The first-order valence-electron chi connectivity index (χ1n) is 6.44. The smallest absolute Gasteiger partial charge is 0.115 e. The molecule has 0 saturated heterocycles. The number of nitriles is 1. The van der Waals surface area contributed by atoms with Crippen molar-refractivity contribution in [3.63, 3.8) is 0 Å². The fourth-order valence-electron chi connectivity index (χ4n) is 3.55. The molecule has 0 aromatic heterocycles. The van der Waals surface area contributed by atoms with Gasteiger partial charge >= 0.3 is 0 Å². The maximum atomic E-state index is 10.9. The van der Waals surface area contributed by atoms with Gasteiger partial charge in [0.25, 0.3) is 0 Å². The van der Waals surface area contributed by atoms with E-state index in [0.29, 0.717) is 0 Å². The minimum Gasteiger partial charge on any atom is -0.388 e. The second-order valence-corrected chi connectivity index (χ2v) is 5.44. The summed E-state index contributed by atoms with van der Waals surface area (Å²) in [6.07, 6.45) is 5.54. The van der Waals surface area contributed by atoms with Crippen molar-refractivity contribution in [3.05, 3.63) is 35.4 Å². The van der Waals surface area contributed by atoms with Gasteiger partial charge in [0.15, 0.2) is 0 Å². The Hall–Kier alpha value is -1.33. The molecule has 0 heterocycles. The summed E-state index contributed by atoms with van der Waals surface area (Å²) in [5.41, 5.74) is 0.859. The highest BCUT2D eigenvalue weighted by atomic mass is 16.3. The molecular formula is C15H17NO. The number of fused-ring (bicyclic) bond motifs is 1. The van der Waals surface area contributed by atoms with Gasteiger partial charge in [-0.1, -0.05) is 43.5 Å². The van der Waals surface area contributed by atoms with E-state index in [0.717, 1.165) is 37.7 Å². The molecule has 1 aromatic rings. The van der Waals surface area contributed by atoms with Gasteiger partial charge in [0.1, 0.15) is 5.41 Å². The van der Waals surface area contributed by atoms with Crippen LogP contribution in [0.3, 0.4) is 0 Å². The van der Waals surface area contributed by atoms with E-state index in [1.54, 1.807) is 0 Å². The molecule has 0 amide bonds. The molecule has 0 aliphatic heterocycles. The first kappa shape index (κ1) is 10.8. The fraction of sp³-hybridized carbons (Fsp3) is 0.533. The van der Waals surface area contributed by atoms with Crippen LogP contribution < -0.4 is 0 Å². The van der Waals surface area contributed by atoms with E-state index in [1.165, 1.54) is 12.0 Å². The summed E-state index contributed by atoms with van der Waals surface area (Å²) < 4.78 is 0. The molecule has 0 radical (unpaired) electrons. The van der Waals surface area contributed by atoms with Crippen LogP contribution in [0.2, 0.25) is 0 Å². The third-order valence-electron chi connectivity index (χ3n) is 4.60. The standard InChI is InChI=1S/C15H17NO/c16-11-14(15(17)8-4-1-5-9-15)10-12-6-2-3-7-13(12)14/h2-3,6-7,17H,1,4-5,8-10H2. The zero-order chi connectivity index (χ0) is 11.9. The Morgan fingerprint density at radius 2 is 1.82 bits per heavy atom. The average molecular weight is 227 g/mol. The number of nitrogens with zero attached hydrogens (tertiary/aromatic N) is 1. The Bertz CT molecular complexity index is 482. The topological polar surface area (TPSA) is 44.0 Å². The average Bonchev–Trinajstić information content (AvgIpc) is 2.32. The first-order chi connectivity index (χ1) is 8.22. The van der Waals surface area contributed by atoms with Gasteiger partial charge in [-0.3, -0.25) is 0 Å². The lowest BCUT2D eigenvalue weighted by molar-refractivity contribution is -0.0563. The number of benzene rings is 1. The largest absolute Gasteiger partial charge is 0.388 e. The minimum atomic E-state index is -0.797. The summed E-state index contributed by atoms with van der Waals surface area (Å²) >= 11 is 0. The summed E-state index contributed by atoms with van der Waals surface area (Å²) in [5, 5.41) is 20.5. The van der Waals surface area contributed by atoms with Crippen LogP contribution in [0.15, 0.2) is 24.3 Å². The quantitative estimate of drug-likeness (QED) is 0.801. The summed E-state index contributed by atoms with van der Waals surface area (Å²) in [6.45, 7) is 0. The number of rotatable bonds is 1. The predicted octanol–water partition coefficient (Wildman–Crippen LogP) is 2.70. The van der Waals surface area contributed by atoms with Gasteiger partial charge in [-0.2, -0.15) is 5.26 Å². The second kappa shape index (κ2) is 3.58. The molecule has 88 valence electrons. The molecule has 2 aliphatic carbocycles. The van der Waals surface area contributed by atoms with E-state index in [2.05, 4.69) is 12.1 Å². The highest BCUT2D eigenvalue weighted by molar-refractivity contribution is 5.53. The molecule has 2 aliphatic rings. The predicted molar refractivity (Wildman–Crippen MR) is 65.5 cm³/mol. The van der Waals surface area contributed by atoms with Crippen LogP contribution in [0.4, 0.5) is 0 Å². The zero-order valence-corrected chi connectivity index (χ0v) is 9.95. The van der Waals surface area contributed by atoms with E-state index in [4.69, 9.17) is 0 Å². The van der Waals surface area contributed by atoms with E-state index in [-0.39, 0.29) is 0 Å². The van der Waals surface area contributed by atoms with Crippen LogP contribution in [-0.2, 0) is 11.8 Å². The molecule has 1 N–H and O–H groups in total. The molecule has 1 aromatic carbocycles. The van der Waals surface area contributed by atoms with Crippen molar-refractivity contribution in [1.82, 2.24) is 0 Å². The monoisotopic (exact) mass is 227 g/mol. The molecular weight excluding hydrogens is 210 g/mol. The Morgan fingerprint density at radius 1 is 1.12 bits per heavy atom. The van der Waals surface area contributed by atoms with Crippen LogP contribution in [0, 0.1) is 11.3 Å². The number of hydrogen-bond donors (Lipinski definition) is 1. The number of hydrogen-bond acceptors (Lipinski definition) is 2. The van der Waals surface area contributed by atoms with Gasteiger partial charge < -0.3 is 5.11 Å². The fourth-order valence-corrected chi connectivity index (χ4v) is 3.55. The molecule has 1 saturated carbocycles. The van der Waals surface area contributed by atoms with Crippen molar-refractivity contribution >= 4 is 0 Å². The Balaban J connectivity index is 2.04. The highest BCUT2D eigenvalue weighted by Gasteiger charge is 2.57. The Labute approximate surface area is 102 Å². The Morgan fingerprint density at radius 3 is 2.47 bits per heavy atom. The Kier molecular flexibility index (Phi) is 2.27. The molecule has 1 unspecified atom stereocenters. The van der Waals surface area contributed by atoms with E-state index in [9.17, 15) is 10.4 Å². The zero-order valence-electron chi connectivity index (χ0n) is 9.95. The van der Waals surface area contributed by atoms with Crippen LogP contribution in [-0.4, -0.2) is 10.7 Å². The van der Waals surface area contributed by atoms with Crippen LogP contribution in [0.25, 0.3) is 0 Å². The van der Waals surface area contributed by atoms with Gasteiger partial charge in [0.2, 0.25) is 0 Å². The molecule has 1 fully saturated rings. The van der Waals surface area contributed by atoms with Gasteiger partial charge in [0, 0.05) is 0 Å². The van der Waals surface area contributed by atoms with Crippen LogP contribution >= 0.6 is 0 Å². The van der Waals surface area contributed by atoms with Crippen molar-refractivity contribution in [2.75, 3.05) is 0 Å². The van der Waals surface area contributed by atoms with Crippen LogP contribution in [0.1, 0.15) is 43.2 Å². The van der Waals surface area contributed by atoms with Crippen LogP contribution in [0.5, 0.6) is 0 Å². The van der Waals surface area contributed by atoms with Crippen molar-refractivity contribution in [2.45, 2.75) is 49.5 Å². The van der Waals surface area contributed by atoms with Gasteiger partial charge in [-0.25, -0.2) is 0 Å². The lowest BCUT2D eigenvalue weighted by atomic mass is 9.53. The summed E-state index contributed by atoms with van der Waals surface area (Å²) in [4.78, 5) is 0. The maximum absolute atomic E-state index is 10.9. The summed E-state index contributed by atoms with van der Waals surface area (Å²) in [6, 6.07) is 10.5. The summed E-state index contributed by atoms with van der Waals surface area (Å²) in [5.74, 6) is 0. The maximum Gasteiger partial charge on any atom is 0.115 e. The second-order valence-electron chi connectivity index (χ2n) is 5.44. The number of aliphatic hydroxyl groups is 1. The third-order valence-corrected chi connectivity index (χ3v) is 4.60. The van der Waals surface area contributed by atoms with Crippen molar-refractivity contribution < 1.29 is 5.11 Å². The van der Waals surface area contributed by atoms with Gasteiger partial charge in [0.05, 0.1) is 11.7 Å². The first-order valence-corrected chi connectivity index (χ1v) is 6.44. The van der Waals surface area contributed by atoms with Crippen molar-refractivity contribution in [3.8, 4) is 6.07 Å². The lowest BCUT2D eigenvalue weighted by Crippen LogP contribution is -2.58. The molecule has 0 bridgehead atoms. The molecule has 1 atom stereocenters.